The Kier molecular flexibility index (Phi) is 4.45. The van der Waals surface area contributed by atoms with E-state index in [4.69, 9.17) is 4.42 Å². The molecule has 0 saturated heterocycles. The summed E-state index contributed by atoms with van der Waals surface area (Å²) in [6, 6.07) is 2.84. The van der Waals surface area contributed by atoms with E-state index in [2.05, 4.69) is 4.74 Å². The molecule has 94 valence electrons. The zero-order valence-corrected chi connectivity index (χ0v) is 10.0. The van der Waals surface area contributed by atoms with E-state index in [1.54, 1.807) is 6.92 Å². The topological polar surface area (TPSA) is 90.7 Å². The van der Waals surface area contributed by atoms with Crippen molar-refractivity contribution in [3.63, 3.8) is 0 Å². The summed E-state index contributed by atoms with van der Waals surface area (Å²) in [5.74, 6) is -3.15. The molecule has 1 heterocycles. The predicted octanol–water partition coefficient (Wildman–Crippen LogP) is 0.440. The monoisotopic (exact) mass is 260 g/mol. The SMILES string of the molecule is CCOC(=O)CS(=O)(=O)CC(=O)c1ccco1. The van der Waals surface area contributed by atoms with Gasteiger partial charge in [-0.2, -0.15) is 0 Å². The zero-order valence-electron chi connectivity index (χ0n) is 9.21. The van der Waals surface area contributed by atoms with Crippen molar-refractivity contribution in [3.05, 3.63) is 24.2 Å². The second-order valence-electron chi connectivity index (χ2n) is 3.24. The van der Waals surface area contributed by atoms with Gasteiger partial charge >= 0.3 is 5.97 Å². The number of carbonyl (C=O) groups is 2. The highest BCUT2D eigenvalue weighted by Crippen LogP contribution is 2.04. The first-order chi connectivity index (χ1) is 7.94. The maximum atomic E-state index is 11.5. The second-order valence-corrected chi connectivity index (χ2v) is 5.30. The summed E-state index contributed by atoms with van der Waals surface area (Å²) in [4.78, 5) is 22.4. The maximum absolute atomic E-state index is 11.5. The summed E-state index contributed by atoms with van der Waals surface area (Å²) in [5.41, 5.74) is 0. The molecule has 0 spiro atoms. The molecule has 0 aliphatic heterocycles. The highest BCUT2D eigenvalue weighted by atomic mass is 32.2. The standard InChI is InChI=1S/C10H12O6S/c1-2-15-10(12)7-17(13,14)6-8(11)9-4-3-5-16-9/h3-5H,2,6-7H2,1H3. The lowest BCUT2D eigenvalue weighted by atomic mass is 10.3. The summed E-state index contributed by atoms with van der Waals surface area (Å²) in [6.07, 6.45) is 1.27. The number of sulfone groups is 1. The minimum absolute atomic E-state index is 0.0440. The zero-order chi connectivity index (χ0) is 12.9. The van der Waals surface area contributed by atoms with Gasteiger partial charge in [0.1, 0.15) is 11.5 Å². The number of rotatable bonds is 6. The van der Waals surface area contributed by atoms with Crippen LogP contribution in [0.3, 0.4) is 0 Å². The molecule has 17 heavy (non-hydrogen) atoms. The van der Waals surface area contributed by atoms with Crippen molar-refractivity contribution >= 4 is 21.6 Å². The van der Waals surface area contributed by atoms with Crippen LogP contribution in [0.5, 0.6) is 0 Å². The van der Waals surface area contributed by atoms with Crippen LogP contribution in [-0.4, -0.2) is 38.3 Å². The van der Waals surface area contributed by atoms with E-state index in [1.165, 1.54) is 18.4 Å². The molecule has 0 unspecified atom stereocenters. The van der Waals surface area contributed by atoms with Crippen molar-refractivity contribution in [2.24, 2.45) is 0 Å². The third kappa shape index (κ3) is 4.39. The van der Waals surface area contributed by atoms with Crippen molar-refractivity contribution in [2.45, 2.75) is 6.92 Å². The summed E-state index contributed by atoms with van der Waals surface area (Å²) in [6.45, 7) is 1.67. The lowest BCUT2D eigenvalue weighted by Crippen LogP contribution is -2.24. The van der Waals surface area contributed by atoms with Gasteiger partial charge in [0.15, 0.2) is 15.6 Å². The van der Waals surface area contributed by atoms with Crippen LogP contribution in [0.4, 0.5) is 0 Å². The molecule has 0 saturated carbocycles. The Labute approximate surface area is 98.5 Å². The van der Waals surface area contributed by atoms with Crippen LogP contribution >= 0.6 is 0 Å². The fraction of sp³-hybridized carbons (Fsp3) is 0.400. The Bertz CT molecular complexity index is 485. The van der Waals surface area contributed by atoms with Crippen molar-refractivity contribution in [1.82, 2.24) is 0 Å². The first kappa shape index (κ1) is 13.4. The number of hydrogen-bond acceptors (Lipinski definition) is 6. The number of furan rings is 1. The summed E-state index contributed by atoms with van der Waals surface area (Å²) in [5, 5.41) is 0. The summed E-state index contributed by atoms with van der Waals surface area (Å²) in [7, 11) is -3.81. The fourth-order valence-corrected chi connectivity index (χ4v) is 2.23. The first-order valence-electron chi connectivity index (χ1n) is 4.87. The molecule has 0 radical (unpaired) electrons. The molecule has 7 heteroatoms. The highest BCUT2D eigenvalue weighted by molar-refractivity contribution is 7.92. The van der Waals surface area contributed by atoms with Gasteiger partial charge in [0.05, 0.1) is 12.9 Å². The quantitative estimate of drug-likeness (QED) is 0.544. The molecule has 0 atom stereocenters. The Morgan fingerprint density at radius 2 is 2.06 bits per heavy atom. The molecule has 1 rings (SSSR count). The third-order valence-corrected chi connectivity index (χ3v) is 3.17. The molecule has 0 N–H and O–H groups in total. The number of Topliss-reactive ketones (excluding diaryl/α,β-unsaturated/α-hetero) is 1. The van der Waals surface area contributed by atoms with Crippen molar-refractivity contribution < 1.29 is 27.2 Å². The van der Waals surface area contributed by atoms with Crippen LogP contribution in [0, 0.1) is 0 Å². The maximum Gasteiger partial charge on any atom is 0.321 e. The number of carbonyl (C=O) groups excluding carboxylic acids is 2. The summed E-state index contributed by atoms with van der Waals surface area (Å²) < 4.78 is 32.2. The van der Waals surface area contributed by atoms with Gasteiger partial charge in [0.2, 0.25) is 5.78 Å². The van der Waals surface area contributed by atoms with Gasteiger partial charge in [-0.3, -0.25) is 9.59 Å². The van der Waals surface area contributed by atoms with E-state index in [0.717, 1.165) is 0 Å². The minimum atomic E-state index is -3.81. The van der Waals surface area contributed by atoms with Crippen LogP contribution in [0.2, 0.25) is 0 Å². The van der Waals surface area contributed by atoms with Crippen molar-refractivity contribution in [1.29, 1.82) is 0 Å². The van der Waals surface area contributed by atoms with E-state index in [-0.39, 0.29) is 12.4 Å². The smallest absolute Gasteiger partial charge is 0.321 e. The van der Waals surface area contributed by atoms with Crippen LogP contribution in [0.15, 0.2) is 22.8 Å². The lowest BCUT2D eigenvalue weighted by molar-refractivity contribution is -0.139. The fourth-order valence-electron chi connectivity index (χ4n) is 1.14. The van der Waals surface area contributed by atoms with E-state index < -0.39 is 33.1 Å². The average molecular weight is 260 g/mol. The lowest BCUT2D eigenvalue weighted by Gasteiger charge is -2.02. The van der Waals surface area contributed by atoms with Crippen LogP contribution < -0.4 is 0 Å². The molecular weight excluding hydrogens is 248 g/mol. The van der Waals surface area contributed by atoms with E-state index in [1.807, 2.05) is 0 Å². The van der Waals surface area contributed by atoms with E-state index in [9.17, 15) is 18.0 Å². The van der Waals surface area contributed by atoms with Gasteiger partial charge < -0.3 is 9.15 Å². The Morgan fingerprint density at radius 1 is 1.35 bits per heavy atom. The Balaban J connectivity index is 2.61. The average Bonchev–Trinajstić information content (AvgIpc) is 2.68. The van der Waals surface area contributed by atoms with Gasteiger partial charge in [-0.15, -0.1) is 0 Å². The van der Waals surface area contributed by atoms with Gasteiger partial charge in [-0.05, 0) is 19.1 Å². The predicted molar refractivity (Wildman–Crippen MR) is 58.3 cm³/mol. The Hall–Kier alpha value is -1.63. The number of esters is 1. The molecule has 0 aromatic carbocycles. The molecular formula is C10H12O6S. The molecule has 1 aromatic rings. The van der Waals surface area contributed by atoms with E-state index >= 15 is 0 Å². The van der Waals surface area contributed by atoms with Gasteiger partial charge in [0, 0.05) is 0 Å². The van der Waals surface area contributed by atoms with Gasteiger partial charge in [0.25, 0.3) is 0 Å². The minimum Gasteiger partial charge on any atom is -0.465 e. The van der Waals surface area contributed by atoms with Gasteiger partial charge in [-0.25, -0.2) is 8.42 Å². The van der Waals surface area contributed by atoms with E-state index in [0.29, 0.717) is 0 Å². The highest BCUT2D eigenvalue weighted by Gasteiger charge is 2.23. The number of ether oxygens (including phenoxy) is 1. The molecule has 0 aliphatic rings. The van der Waals surface area contributed by atoms with Crippen molar-refractivity contribution in [2.75, 3.05) is 18.1 Å². The molecule has 0 fully saturated rings. The second kappa shape index (κ2) is 5.62. The largest absolute Gasteiger partial charge is 0.465 e. The van der Waals surface area contributed by atoms with Crippen molar-refractivity contribution in [3.8, 4) is 0 Å². The van der Waals surface area contributed by atoms with Gasteiger partial charge in [-0.1, -0.05) is 0 Å². The van der Waals surface area contributed by atoms with Crippen LogP contribution in [0.1, 0.15) is 17.5 Å². The van der Waals surface area contributed by atoms with Crippen LogP contribution in [-0.2, 0) is 19.4 Å². The Morgan fingerprint density at radius 3 is 2.59 bits per heavy atom. The molecule has 0 bridgehead atoms. The number of hydrogen-bond donors (Lipinski definition) is 0. The molecule has 0 amide bonds. The summed E-state index contributed by atoms with van der Waals surface area (Å²) >= 11 is 0. The molecule has 6 nitrogen and oxygen atoms in total. The molecule has 0 aliphatic carbocycles. The number of ketones is 1. The normalized spacial score (nSPS) is 11.1. The first-order valence-corrected chi connectivity index (χ1v) is 6.69. The third-order valence-electron chi connectivity index (χ3n) is 1.79. The molecule has 1 aromatic heterocycles. The van der Waals surface area contributed by atoms with Crippen LogP contribution in [0.25, 0.3) is 0 Å².